The van der Waals surface area contributed by atoms with E-state index in [1.54, 1.807) is 0 Å². The highest BCUT2D eigenvalue weighted by Gasteiger charge is 2.44. The predicted molar refractivity (Wildman–Crippen MR) is 82.7 cm³/mol. The normalized spacial score (nSPS) is 29.6. The van der Waals surface area contributed by atoms with E-state index in [1.165, 1.54) is 12.8 Å². The van der Waals surface area contributed by atoms with Crippen molar-refractivity contribution in [3.8, 4) is 0 Å². The first kappa shape index (κ1) is 15.7. The predicted octanol–water partition coefficient (Wildman–Crippen LogP) is 2.18. The van der Waals surface area contributed by atoms with Crippen LogP contribution in [-0.4, -0.2) is 46.3 Å². The maximum atomic E-state index is 12.6. The molecule has 1 saturated heterocycles. The third kappa shape index (κ3) is 2.83. The van der Waals surface area contributed by atoms with Gasteiger partial charge in [0.2, 0.25) is 11.8 Å². The second kappa shape index (κ2) is 6.37. The van der Waals surface area contributed by atoms with E-state index < -0.39 is 0 Å². The number of nitrogens with zero attached hydrogens (tertiary/aromatic N) is 1. The lowest BCUT2D eigenvalue weighted by atomic mass is 9.99. The summed E-state index contributed by atoms with van der Waals surface area (Å²) in [5.41, 5.74) is 0. The number of piperazine rings is 1. The number of hydrogen-bond donors (Lipinski definition) is 1. The van der Waals surface area contributed by atoms with Gasteiger partial charge in [-0.1, -0.05) is 26.7 Å². The van der Waals surface area contributed by atoms with Gasteiger partial charge in [-0.3, -0.25) is 9.59 Å². The van der Waals surface area contributed by atoms with Gasteiger partial charge in [0.1, 0.15) is 12.1 Å². The summed E-state index contributed by atoms with van der Waals surface area (Å²) in [7, 11) is 0. The van der Waals surface area contributed by atoms with Crippen LogP contribution < -0.4 is 5.32 Å². The fraction of sp³-hybridized carbons (Fsp3) is 0.867. The van der Waals surface area contributed by atoms with Crippen molar-refractivity contribution in [1.82, 2.24) is 10.2 Å². The molecule has 1 aliphatic heterocycles. The average Bonchev–Trinajstić information content (AvgIpc) is 2.92. The van der Waals surface area contributed by atoms with Gasteiger partial charge in [0.25, 0.3) is 0 Å². The van der Waals surface area contributed by atoms with E-state index >= 15 is 0 Å². The molecule has 0 aromatic rings. The fourth-order valence-corrected chi connectivity index (χ4v) is 4.42. The molecule has 1 N–H and O–H groups in total. The Labute approximate surface area is 126 Å². The molecule has 0 radical (unpaired) electrons. The number of amides is 2. The van der Waals surface area contributed by atoms with E-state index in [9.17, 15) is 9.59 Å². The zero-order chi connectivity index (χ0) is 14.8. The van der Waals surface area contributed by atoms with E-state index in [1.807, 2.05) is 30.5 Å². The minimum Gasteiger partial charge on any atom is -0.343 e. The van der Waals surface area contributed by atoms with Gasteiger partial charge in [-0.15, -0.1) is 0 Å². The summed E-state index contributed by atoms with van der Waals surface area (Å²) in [6.07, 6.45) is 8.30. The number of hydrogen-bond acceptors (Lipinski definition) is 3. The van der Waals surface area contributed by atoms with Crippen LogP contribution in [0.1, 0.15) is 52.4 Å². The SMILES string of the molecule is CCC1NC(=O)C(CC)N(CC2(SC)CCCC2)C1=O. The standard InChI is InChI=1S/C15H26N2O2S/c1-4-11-14(19)17(12(5-2)13(18)16-11)10-15(20-3)8-6-7-9-15/h11-12H,4-10H2,1-3H3,(H,16,18). The molecule has 1 heterocycles. The number of thioether (sulfide) groups is 1. The molecule has 0 spiro atoms. The molecule has 0 aromatic heterocycles. The number of rotatable bonds is 5. The Morgan fingerprint density at radius 1 is 1.25 bits per heavy atom. The Balaban J connectivity index is 2.20. The first-order chi connectivity index (χ1) is 9.56. The summed E-state index contributed by atoms with van der Waals surface area (Å²) >= 11 is 1.87. The molecule has 0 aromatic carbocycles. The van der Waals surface area contributed by atoms with Crippen molar-refractivity contribution < 1.29 is 9.59 Å². The molecule has 2 rings (SSSR count). The van der Waals surface area contributed by atoms with Gasteiger partial charge >= 0.3 is 0 Å². The van der Waals surface area contributed by atoms with Gasteiger partial charge < -0.3 is 10.2 Å². The number of carbonyl (C=O) groups excluding carboxylic acids is 2. The molecule has 1 aliphatic carbocycles. The van der Waals surface area contributed by atoms with Crippen LogP contribution in [0.5, 0.6) is 0 Å². The highest BCUT2D eigenvalue weighted by molar-refractivity contribution is 8.00. The monoisotopic (exact) mass is 298 g/mol. The van der Waals surface area contributed by atoms with Gasteiger partial charge in [0, 0.05) is 11.3 Å². The van der Waals surface area contributed by atoms with E-state index in [2.05, 4.69) is 11.6 Å². The van der Waals surface area contributed by atoms with Crippen molar-refractivity contribution in [1.29, 1.82) is 0 Å². The van der Waals surface area contributed by atoms with Gasteiger partial charge in [0.15, 0.2) is 0 Å². The Bertz CT molecular complexity index is 380. The Morgan fingerprint density at radius 2 is 1.90 bits per heavy atom. The van der Waals surface area contributed by atoms with E-state index in [0.717, 1.165) is 19.4 Å². The van der Waals surface area contributed by atoms with Gasteiger partial charge in [-0.25, -0.2) is 0 Å². The molecule has 2 fully saturated rings. The second-order valence-electron chi connectivity index (χ2n) is 5.95. The molecule has 20 heavy (non-hydrogen) atoms. The van der Waals surface area contributed by atoms with Crippen molar-refractivity contribution in [2.45, 2.75) is 69.2 Å². The minimum atomic E-state index is -0.328. The molecule has 2 unspecified atom stereocenters. The molecule has 2 aliphatic rings. The van der Waals surface area contributed by atoms with Gasteiger partial charge in [0.05, 0.1) is 0 Å². The molecular formula is C15H26N2O2S. The maximum absolute atomic E-state index is 12.6. The van der Waals surface area contributed by atoms with Gasteiger partial charge in [-0.05, 0) is 31.9 Å². The van der Waals surface area contributed by atoms with Crippen LogP contribution >= 0.6 is 11.8 Å². The lowest BCUT2D eigenvalue weighted by Crippen LogP contribution is -2.64. The Kier molecular flexibility index (Phi) is 4.99. The largest absolute Gasteiger partial charge is 0.343 e. The molecule has 0 bridgehead atoms. The summed E-state index contributed by atoms with van der Waals surface area (Å²) in [4.78, 5) is 26.7. The van der Waals surface area contributed by atoms with Crippen LogP contribution in [0, 0.1) is 0 Å². The third-order valence-corrected chi connectivity index (χ3v) is 6.18. The van der Waals surface area contributed by atoms with E-state index in [4.69, 9.17) is 0 Å². The van der Waals surface area contributed by atoms with Crippen molar-refractivity contribution >= 4 is 23.6 Å². The highest BCUT2D eigenvalue weighted by atomic mass is 32.2. The Morgan fingerprint density at radius 3 is 2.40 bits per heavy atom. The van der Waals surface area contributed by atoms with Crippen LogP contribution in [0.2, 0.25) is 0 Å². The van der Waals surface area contributed by atoms with E-state index in [0.29, 0.717) is 12.8 Å². The summed E-state index contributed by atoms with van der Waals surface area (Å²) in [5.74, 6) is 0.132. The molecule has 4 nitrogen and oxygen atoms in total. The smallest absolute Gasteiger partial charge is 0.245 e. The number of nitrogens with one attached hydrogen (secondary N) is 1. The fourth-order valence-electron chi connectivity index (χ4n) is 3.45. The molecule has 2 amide bonds. The maximum Gasteiger partial charge on any atom is 0.245 e. The Hall–Kier alpha value is -0.710. The van der Waals surface area contributed by atoms with Crippen LogP contribution in [0.3, 0.4) is 0 Å². The van der Waals surface area contributed by atoms with Crippen molar-refractivity contribution in [2.75, 3.05) is 12.8 Å². The van der Waals surface area contributed by atoms with Crippen LogP contribution in [-0.2, 0) is 9.59 Å². The zero-order valence-corrected chi connectivity index (χ0v) is 13.6. The first-order valence-electron chi connectivity index (χ1n) is 7.73. The van der Waals surface area contributed by atoms with Crippen LogP contribution in [0.4, 0.5) is 0 Å². The number of carbonyl (C=O) groups is 2. The highest BCUT2D eigenvalue weighted by Crippen LogP contribution is 2.41. The molecule has 2 atom stereocenters. The average molecular weight is 298 g/mol. The quantitative estimate of drug-likeness (QED) is 0.846. The van der Waals surface area contributed by atoms with E-state index in [-0.39, 0.29) is 28.6 Å². The zero-order valence-electron chi connectivity index (χ0n) is 12.8. The molecule has 114 valence electrons. The van der Waals surface area contributed by atoms with Crippen LogP contribution in [0.25, 0.3) is 0 Å². The molecular weight excluding hydrogens is 272 g/mol. The summed E-state index contributed by atoms with van der Waals surface area (Å²) in [6, 6.07) is -0.611. The summed E-state index contributed by atoms with van der Waals surface area (Å²) in [6.45, 7) is 4.67. The summed E-state index contributed by atoms with van der Waals surface area (Å²) < 4.78 is 0.166. The topological polar surface area (TPSA) is 49.4 Å². The van der Waals surface area contributed by atoms with Crippen molar-refractivity contribution in [3.05, 3.63) is 0 Å². The second-order valence-corrected chi connectivity index (χ2v) is 7.23. The summed E-state index contributed by atoms with van der Waals surface area (Å²) in [5, 5.41) is 2.87. The molecule has 5 heteroatoms. The van der Waals surface area contributed by atoms with Crippen molar-refractivity contribution in [2.24, 2.45) is 0 Å². The van der Waals surface area contributed by atoms with Crippen LogP contribution in [0.15, 0.2) is 0 Å². The lowest BCUT2D eigenvalue weighted by Gasteiger charge is -2.43. The van der Waals surface area contributed by atoms with Gasteiger partial charge in [-0.2, -0.15) is 11.8 Å². The molecule has 1 saturated carbocycles. The minimum absolute atomic E-state index is 0.0215. The third-order valence-electron chi connectivity index (χ3n) is 4.78. The lowest BCUT2D eigenvalue weighted by molar-refractivity contribution is -0.150. The van der Waals surface area contributed by atoms with Crippen molar-refractivity contribution in [3.63, 3.8) is 0 Å². The first-order valence-corrected chi connectivity index (χ1v) is 8.95.